The molecule has 1 saturated heterocycles. The van der Waals surface area contributed by atoms with Crippen LogP contribution in [0.15, 0.2) is 30.8 Å². The fourth-order valence-electron chi connectivity index (χ4n) is 2.17. The lowest BCUT2D eigenvalue weighted by molar-refractivity contribution is 0.0164. The molecule has 2 heteroatoms. The first kappa shape index (κ1) is 11.4. The van der Waals surface area contributed by atoms with Gasteiger partial charge in [0.25, 0.3) is 0 Å². The van der Waals surface area contributed by atoms with E-state index in [1.54, 1.807) is 0 Å². The zero-order valence-corrected chi connectivity index (χ0v) is 10.0. The van der Waals surface area contributed by atoms with Crippen LogP contribution >= 0.6 is 0 Å². The summed E-state index contributed by atoms with van der Waals surface area (Å²) in [5.74, 6) is 0. The molecule has 1 aliphatic heterocycles. The second-order valence-corrected chi connectivity index (χ2v) is 4.42. The van der Waals surface area contributed by atoms with Gasteiger partial charge in [-0.2, -0.15) is 0 Å². The molecule has 0 aliphatic carbocycles. The molecule has 0 aromatic heterocycles. The molecule has 0 radical (unpaired) electrons. The molecule has 1 aromatic rings. The van der Waals surface area contributed by atoms with Crippen LogP contribution < -0.4 is 0 Å². The van der Waals surface area contributed by atoms with Crippen molar-refractivity contribution in [1.29, 1.82) is 0 Å². The van der Waals surface area contributed by atoms with Crippen molar-refractivity contribution in [2.75, 3.05) is 20.1 Å². The van der Waals surface area contributed by atoms with E-state index in [-0.39, 0.29) is 0 Å². The molecule has 2 nitrogen and oxygen atoms in total. The van der Waals surface area contributed by atoms with Crippen LogP contribution in [0.2, 0.25) is 0 Å². The van der Waals surface area contributed by atoms with Crippen LogP contribution in [-0.4, -0.2) is 30.2 Å². The molecule has 1 aliphatic rings. The van der Waals surface area contributed by atoms with Crippen LogP contribution in [0.3, 0.4) is 0 Å². The van der Waals surface area contributed by atoms with Gasteiger partial charge in [-0.1, -0.05) is 36.9 Å². The van der Waals surface area contributed by atoms with Gasteiger partial charge >= 0.3 is 0 Å². The minimum Gasteiger partial charge on any atom is -0.242 e. The summed E-state index contributed by atoms with van der Waals surface area (Å²) in [6.07, 6.45) is 4.55. The van der Waals surface area contributed by atoms with Gasteiger partial charge in [-0.25, -0.2) is 10.0 Å². The van der Waals surface area contributed by atoms with Gasteiger partial charge in [0.2, 0.25) is 0 Å². The molecule has 0 bridgehead atoms. The fraction of sp³-hybridized carbons (Fsp3) is 0.429. The van der Waals surface area contributed by atoms with Crippen molar-refractivity contribution in [3.63, 3.8) is 0 Å². The Labute approximate surface area is 98.1 Å². The first-order valence-corrected chi connectivity index (χ1v) is 5.97. The fourth-order valence-corrected chi connectivity index (χ4v) is 2.17. The monoisotopic (exact) mass is 216 g/mol. The number of rotatable bonds is 4. The Kier molecular flexibility index (Phi) is 3.75. The van der Waals surface area contributed by atoms with Gasteiger partial charge in [0.05, 0.1) is 0 Å². The number of benzene rings is 1. The summed E-state index contributed by atoms with van der Waals surface area (Å²) < 4.78 is 0. The van der Waals surface area contributed by atoms with E-state index in [2.05, 4.69) is 47.9 Å². The molecule has 1 aromatic carbocycles. The Hall–Kier alpha value is -1.12. The van der Waals surface area contributed by atoms with Crippen LogP contribution in [-0.2, 0) is 6.54 Å². The first-order chi connectivity index (χ1) is 7.79. The molecule has 1 fully saturated rings. The first-order valence-electron chi connectivity index (χ1n) is 5.97. The van der Waals surface area contributed by atoms with E-state index in [0.29, 0.717) is 0 Å². The molecule has 0 atom stereocenters. The average molecular weight is 216 g/mol. The lowest BCUT2D eigenvalue weighted by Crippen LogP contribution is -2.36. The van der Waals surface area contributed by atoms with Gasteiger partial charge in [-0.3, -0.25) is 0 Å². The standard InChI is InChI=1S/C14H20N2/c1-3-13-6-8-14(9-7-13)12-15(2)16-10-4-5-11-16/h3,6-9H,1,4-5,10-12H2,2H3. The zero-order chi connectivity index (χ0) is 11.4. The minimum atomic E-state index is 0.997. The third-order valence-corrected chi connectivity index (χ3v) is 3.19. The van der Waals surface area contributed by atoms with Crippen molar-refractivity contribution >= 4 is 6.08 Å². The van der Waals surface area contributed by atoms with Gasteiger partial charge in [-0.05, 0) is 24.0 Å². The largest absolute Gasteiger partial charge is 0.242 e. The lowest BCUT2D eigenvalue weighted by Gasteiger charge is -2.27. The van der Waals surface area contributed by atoms with Crippen LogP contribution in [0.4, 0.5) is 0 Å². The molecule has 0 amide bonds. The van der Waals surface area contributed by atoms with Crippen LogP contribution in [0.5, 0.6) is 0 Å². The molecule has 1 heterocycles. The maximum absolute atomic E-state index is 3.77. The predicted molar refractivity (Wildman–Crippen MR) is 68.8 cm³/mol. The van der Waals surface area contributed by atoms with Crippen molar-refractivity contribution in [3.8, 4) is 0 Å². The molecular weight excluding hydrogens is 196 g/mol. The molecule has 86 valence electrons. The minimum absolute atomic E-state index is 0.997. The van der Waals surface area contributed by atoms with Crippen molar-refractivity contribution in [3.05, 3.63) is 42.0 Å². The summed E-state index contributed by atoms with van der Waals surface area (Å²) in [5, 5.41) is 4.76. The van der Waals surface area contributed by atoms with Gasteiger partial charge in [0.15, 0.2) is 0 Å². The highest BCUT2D eigenvalue weighted by Crippen LogP contribution is 2.13. The average Bonchev–Trinajstić information content (AvgIpc) is 2.83. The highest BCUT2D eigenvalue weighted by atomic mass is 15.6. The Balaban J connectivity index is 1.94. The summed E-state index contributed by atoms with van der Waals surface area (Å²) in [6.45, 7) is 7.18. The van der Waals surface area contributed by atoms with Crippen molar-refractivity contribution in [1.82, 2.24) is 10.0 Å². The molecule has 16 heavy (non-hydrogen) atoms. The third-order valence-electron chi connectivity index (χ3n) is 3.19. The normalized spacial score (nSPS) is 16.9. The molecule has 2 rings (SSSR count). The smallest absolute Gasteiger partial charge is 0.0381 e. The highest BCUT2D eigenvalue weighted by molar-refractivity contribution is 5.47. The maximum Gasteiger partial charge on any atom is 0.0381 e. The molecular formula is C14H20N2. The van der Waals surface area contributed by atoms with E-state index in [0.717, 1.165) is 6.54 Å². The lowest BCUT2D eigenvalue weighted by atomic mass is 10.1. The Morgan fingerprint density at radius 1 is 1.25 bits per heavy atom. The van der Waals surface area contributed by atoms with E-state index < -0.39 is 0 Å². The summed E-state index contributed by atoms with van der Waals surface area (Å²) in [4.78, 5) is 0. The van der Waals surface area contributed by atoms with Crippen LogP contribution in [0.1, 0.15) is 24.0 Å². The van der Waals surface area contributed by atoms with Crippen LogP contribution in [0.25, 0.3) is 6.08 Å². The number of hydrazine groups is 1. The second kappa shape index (κ2) is 5.28. The van der Waals surface area contributed by atoms with E-state index in [1.165, 1.54) is 37.1 Å². The number of hydrogen-bond donors (Lipinski definition) is 0. The summed E-state index contributed by atoms with van der Waals surface area (Å²) in [6, 6.07) is 8.62. The Morgan fingerprint density at radius 3 is 2.44 bits per heavy atom. The third kappa shape index (κ3) is 2.71. The molecule has 0 spiro atoms. The summed E-state index contributed by atoms with van der Waals surface area (Å²) in [5.41, 5.74) is 2.55. The molecule has 0 N–H and O–H groups in total. The SMILES string of the molecule is C=Cc1ccc(CN(C)N2CCCC2)cc1. The second-order valence-electron chi connectivity index (χ2n) is 4.42. The van der Waals surface area contributed by atoms with E-state index in [4.69, 9.17) is 0 Å². The topological polar surface area (TPSA) is 6.48 Å². The highest BCUT2D eigenvalue weighted by Gasteiger charge is 2.15. The predicted octanol–water partition coefficient (Wildman–Crippen LogP) is 2.77. The van der Waals surface area contributed by atoms with E-state index in [1.807, 2.05) is 6.08 Å². The Bertz CT molecular complexity index is 336. The zero-order valence-electron chi connectivity index (χ0n) is 10.0. The van der Waals surface area contributed by atoms with E-state index >= 15 is 0 Å². The van der Waals surface area contributed by atoms with Gasteiger partial charge in [0.1, 0.15) is 0 Å². The molecule has 0 saturated carbocycles. The number of hydrogen-bond acceptors (Lipinski definition) is 2. The van der Waals surface area contributed by atoms with Gasteiger partial charge < -0.3 is 0 Å². The van der Waals surface area contributed by atoms with Crippen molar-refractivity contribution < 1.29 is 0 Å². The van der Waals surface area contributed by atoms with Gasteiger partial charge in [0, 0.05) is 26.7 Å². The van der Waals surface area contributed by atoms with Gasteiger partial charge in [-0.15, -0.1) is 0 Å². The quantitative estimate of drug-likeness (QED) is 0.763. The Morgan fingerprint density at radius 2 is 1.88 bits per heavy atom. The van der Waals surface area contributed by atoms with Crippen molar-refractivity contribution in [2.45, 2.75) is 19.4 Å². The summed E-state index contributed by atoms with van der Waals surface area (Å²) >= 11 is 0. The van der Waals surface area contributed by atoms with Crippen LogP contribution in [0, 0.1) is 0 Å². The maximum atomic E-state index is 3.77. The molecule has 0 unspecified atom stereocenters. The number of nitrogens with zero attached hydrogens (tertiary/aromatic N) is 2. The van der Waals surface area contributed by atoms with Crippen molar-refractivity contribution in [2.24, 2.45) is 0 Å². The van der Waals surface area contributed by atoms with E-state index in [9.17, 15) is 0 Å². The summed E-state index contributed by atoms with van der Waals surface area (Å²) in [7, 11) is 2.17.